The first kappa shape index (κ1) is 21.1. The van der Waals surface area contributed by atoms with Gasteiger partial charge in [0.2, 0.25) is 10.0 Å². The molecule has 0 aliphatic rings. The van der Waals surface area contributed by atoms with Crippen LogP contribution in [-0.4, -0.2) is 39.5 Å². The monoisotopic (exact) mass is 405 g/mol. The Bertz CT molecular complexity index is 974. The van der Waals surface area contributed by atoms with Crippen LogP contribution in [0, 0.1) is 10.1 Å². The smallest absolute Gasteiger partial charge is 0.321 e. The van der Waals surface area contributed by atoms with Crippen LogP contribution in [-0.2, 0) is 19.6 Å². The van der Waals surface area contributed by atoms with Crippen LogP contribution in [0.25, 0.3) is 6.08 Å². The number of carbonyl (C=O) groups is 1. The van der Waals surface area contributed by atoms with E-state index in [-0.39, 0.29) is 22.9 Å². The molecule has 0 saturated carbocycles. The van der Waals surface area contributed by atoms with Crippen LogP contribution < -0.4 is 10.0 Å². The molecule has 0 aliphatic heterocycles. The maximum Gasteiger partial charge on any atom is 0.321 e. The van der Waals surface area contributed by atoms with Crippen molar-refractivity contribution in [3.05, 3.63) is 70.3 Å². The van der Waals surface area contributed by atoms with Crippen molar-refractivity contribution in [3.63, 3.8) is 0 Å². The molecule has 0 bridgehead atoms. The summed E-state index contributed by atoms with van der Waals surface area (Å²) in [6.45, 7) is -0.610. The highest BCUT2D eigenvalue weighted by molar-refractivity contribution is 7.89. The van der Waals surface area contributed by atoms with E-state index in [1.54, 1.807) is 12.2 Å². The molecular weight excluding hydrogens is 386 g/mol. The number of anilines is 1. The summed E-state index contributed by atoms with van der Waals surface area (Å²) in [5, 5.41) is 13.7. The molecule has 0 aliphatic carbocycles. The van der Waals surface area contributed by atoms with E-state index in [4.69, 9.17) is 4.74 Å². The van der Waals surface area contributed by atoms with Crippen molar-refractivity contribution in [2.75, 3.05) is 25.5 Å². The maximum atomic E-state index is 12.3. The highest BCUT2D eigenvalue weighted by Gasteiger charge is 2.21. The molecule has 0 fully saturated rings. The van der Waals surface area contributed by atoms with Crippen LogP contribution in [0.5, 0.6) is 0 Å². The van der Waals surface area contributed by atoms with Crippen molar-refractivity contribution in [1.29, 1.82) is 0 Å². The third-order valence-electron chi connectivity index (χ3n) is 3.60. The molecule has 0 saturated heterocycles. The molecule has 0 radical (unpaired) electrons. The molecule has 0 heterocycles. The zero-order valence-electron chi connectivity index (χ0n) is 15.0. The number of rotatable bonds is 9. The van der Waals surface area contributed by atoms with Gasteiger partial charge >= 0.3 is 5.97 Å². The number of nitro groups is 1. The minimum atomic E-state index is -4.11. The zero-order valence-corrected chi connectivity index (χ0v) is 15.8. The first-order valence-corrected chi connectivity index (χ1v) is 9.65. The number of ether oxygens (including phenoxy) is 1. The minimum absolute atomic E-state index is 0.0161. The van der Waals surface area contributed by atoms with Gasteiger partial charge in [-0.2, -0.15) is 4.72 Å². The summed E-state index contributed by atoms with van der Waals surface area (Å²) >= 11 is 0. The lowest BCUT2D eigenvalue weighted by molar-refractivity contribution is -0.384. The Morgan fingerprint density at radius 3 is 2.57 bits per heavy atom. The molecule has 0 aromatic heterocycles. The molecule has 10 heteroatoms. The minimum Gasteiger partial charge on any atom is -0.460 e. The van der Waals surface area contributed by atoms with E-state index >= 15 is 0 Å². The molecule has 9 nitrogen and oxygen atoms in total. The number of hydrogen-bond donors (Lipinski definition) is 2. The first-order chi connectivity index (χ1) is 13.3. The number of nitrogens with one attached hydrogen (secondary N) is 2. The normalized spacial score (nSPS) is 11.3. The summed E-state index contributed by atoms with van der Waals surface area (Å²) < 4.78 is 31.5. The third kappa shape index (κ3) is 5.89. The van der Waals surface area contributed by atoms with Crippen molar-refractivity contribution < 1.29 is 22.9 Å². The topological polar surface area (TPSA) is 128 Å². The summed E-state index contributed by atoms with van der Waals surface area (Å²) in [7, 11) is -2.63. The van der Waals surface area contributed by atoms with Gasteiger partial charge in [0.05, 0.1) is 9.82 Å². The average molecular weight is 405 g/mol. The van der Waals surface area contributed by atoms with Gasteiger partial charge in [0.15, 0.2) is 0 Å². The summed E-state index contributed by atoms with van der Waals surface area (Å²) in [6.07, 6.45) is 3.39. The molecule has 2 aromatic rings. The predicted molar refractivity (Wildman–Crippen MR) is 104 cm³/mol. The van der Waals surface area contributed by atoms with Crippen LogP contribution in [0.2, 0.25) is 0 Å². The van der Waals surface area contributed by atoms with E-state index in [0.717, 1.165) is 11.6 Å². The van der Waals surface area contributed by atoms with Crippen molar-refractivity contribution in [3.8, 4) is 0 Å². The standard InChI is InChI=1S/C18H19N3O6S/c1-19-16-10-9-15(12-17(16)21(23)24)28(25,26)20-13-18(22)27-11-5-8-14-6-3-2-4-7-14/h2-10,12,19-20H,11,13H2,1H3/b8-5-. The van der Waals surface area contributed by atoms with Gasteiger partial charge in [-0.15, -0.1) is 0 Å². The van der Waals surface area contributed by atoms with Gasteiger partial charge in [-0.25, -0.2) is 8.42 Å². The Morgan fingerprint density at radius 1 is 1.21 bits per heavy atom. The largest absolute Gasteiger partial charge is 0.460 e. The van der Waals surface area contributed by atoms with Gasteiger partial charge in [-0.05, 0) is 23.8 Å². The lowest BCUT2D eigenvalue weighted by Crippen LogP contribution is -2.30. The van der Waals surface area contributed by atoms with E-state index in [9.17, 15) is 23.3 Å². The molecule has 28 heavy (non-hydrogen) atoms. The highest BCUT2D eigenvalue weighted by atomic mass is 32.2. The lowest BCUT2D eigenvalue weighted by Gasteiger charge is -2.08. The SMILES string of the molecule is CNc1ccc(S(=O)(=O)NCC(=O)OC/C=C\c2ccccc2)cc1[N+](=O)[O-]. The second kappa shape index (κ2) is 9.62. The fourth-order valence-electron chi connectivity index (χ4n) is 2.22. The number of benzene rings is 2. The molecule has 0 amide bonds. The summed E-state index contributed by atoms with van der Waals surface area (Å²) in [5.74, 6) is -0.775. The van der Waals surface area contributed by atoms with Crippen molar-refractivity contribution in [2.24, 2.45) is 0 Å². The Morgan fingerprint density at radius 2 is 1.93 bits per heavy atom. The Balaban J connectivity index is 1.92. The number of carbonyl (C=O) groups excluding carboxylic acids is 1. The van der Waals surface area contributed by atoms with E-state index < -0.39 is 27.5 Å². The quantitative estimate of drug-likeness (QED) is 0.372. The summed E-state index contributed by atoms with van der Waals surface area (Å²) in [6, 6.07) is 12.8. The second-order valence-electron chi connectivity index (χ2n) is 5.51. The Labute approximate surface area is 162 Å². The highest BCUT2D eigenvalue weighted by Crippen LogP contribution is 2.26. The first-order valence-electron chi connectivity index (χ1n) is 8.16. The van der Waals surface area contributed by atoms with Crippen LogP contribution in [0.4, 0.5) is 11.4 Å². The Kier molecular flexibility index (Phi) is 7.24. The average Bonchev–Trinajstić information content (AvgIpc) is 2.70. The van der Waals surface area contributed by atoms with Crippen molar-refractivity contribution in [1.82, 2.24) is 4.72 Å². The number of nitro benzene ring substituents is 1. The molecule has 0 spiro atoms. The van der Waals surface area contributed by atoms with Gasteiger partial charge < -0.3 is 10.1 Å². The number of hydrogen-bond acceptors (Lipinski definition) is 7. The molecule has 2 rings (SSSR count). The van der Waals surface area contributed by atoms with Gasteiger partial charge in [0.25, 0.3) is 5.69 Å². The fourth-order valence-corrected chi connectivity index (χ4v) is 3.21. The maximum absolute atomic E-state index is 12.3. The van der Waals surface area contributed by atoms with Crippen LogP contribution in [0.15, 0.2) is 59.5 Å². The second-order valence-corrected chi connectivity index (χ2v) is 7.27. The molecular formula is C18H19N3O6S. The number of nitrogens with zero attached hydrogens (tertiary/aromatic N) is 1. The molecule has 2 N–H and O–H groups in total. The molecule has 148 valence electrons. The van der Waals surface area contributed by atoms with Crippen molar-refractivity contribution in [2.45, 2.75) is 4.90 Å². The van der Waals surface area contributed by atoms with Crippen LogP contribution in [0.1, 0.15) is 5.56 Å². The van der Waals surface area contributed by atoms with Crippen molar-refractivity contribution >= 4 is 33.4 Å². The third-order valence-corrected chi connectivity index (χ3v) is 5.00. The number of sulfonamides is 1. The van der Waals surface area contributed by atoms with Gasteiger partial charge in [0, 0.05) is 13.1 Å². The van der Waals surface area contributed by atoms with E-state index in [1.807, 2.05) is 30.3 Å². The molecule has 2 aromatic carbocycles. The van der Waals surface area contributed by atoms with Gasteiger partial charge in [-0.1, -0.05) is 36.4 Å². The molecule has 0 atom stereocenters. The molecule has 0 unspecified atom stereocenters. The summed E-state index contributed by atoms with van der Waals surface area (Å²) in [5.41, 5.74) is 0.721. The lowest BCUT2D eigenvalue weighted by atomic mass is 10.2. The van der Waals surface area contributed by atoms with Gasteiger partial charge in [0.1, 0.15) is 18.8 Å². The zero-order chi connectivity index (χ0) is 20.6. The number of esters is 1. The Hall–Kier alpha value is -3.24. The summed E-state index contributed by atoms with van der Waals surface area (Å²) in [4.78, 5) is 21.7. The van der Waals surface area contributed by atoms with E-state index in [2.05, 4.69) is 10.0 Å². The van der Waals surface area contributed by atoms with E-state index in [1.165, 1.54) is 19.2 Å². The van der Waals surface area contributed by atoms with Crippen LogP contribution >= 0.6 is 0 Å². The van der Waals surface area contributed by atoms with Crippen LogP contribution in [0.3, 0.4) is 0 Å². The fraction of sp³-hybridized carbons (Fsp3) is 0.167. The predicted octanol–water partition coefficient (Wildman–Crippen LogP) is 2.17. The van der Waals surface area contributed by atoms with E-state index in [0.29, 0.717) is 0 Å². The van der Waals surface area contributed by atoms with Gasteiger partial charge in [-0.3, -0.25) is 14.9 Å².